The predicted octanol–water partition coefficient (Wildman–Crippen LogP) is 3.28. The maximum atomic E-state index is 14.1. The van der Waals surface area contributed by atoms with Gasteiger partial charge in [0.1, 0.15) is 5.82 Å². The van der Waals surface area contributed by atoms with Crippen LogP contribution in [0.15, 0.2) is 18.5 Å². The monoisotopic (exact) mass is 294 g/mol. The zero-order valence-corrected chi connectivity index (χ0v) is 12.7. The predicted molar refractivity (Wildman–Crippen MR) is 78.3 cm³/mol. The fourth-order valence-corrected chi connectivity index (χ4v) is 2.96. The Bertz CT molecular complexity index is 556. The van der Waals surface area contributed by atoms with Gasteiger partial charge in [0.2, 0.25) is 0 Å². The van der Waals surface area contributed by atoms with Crippen LogP contribution in [0.3, 0.4) is 0 Å². The fraction of sp³-hybridized carbons (Fsp3) is 0.500. The van der Waals surface area contributed by atoms with Gasteiger partial charge in [0.15, 0.2) is 0 Å². The summed E-state index contributed by atoms with van der Waals surface area (Å²) in [5.41, 5.74) is 1.53. The summed E-state index contributed by atoms with van der Waals surface area (Å²) in [5, 5.41) is 7.58. The summed E-state index contributed by atoms with van der Waals surface area (Å²) in [4.78, 5) is 4.80. The highest BCUT2D eigenvalue weighted by atomic mass is 32.1. The maximum absolute atomic E-state index is 14.1. The Morgan fingerprint density at radius 3 is 2.85 bits per heavy atom. The van der Waals surface area contributed by atoms with Gasteiger partial charge >= 0.3 is 0 Å². The fourth-order valence-electron chi connectivity index (χ4n) is 2.06. The first kappa shape index (κ1) is 15.0. The number of nitrogens with one attached hydrogen (secondary N) is 1. The van der Waals surface area contributed by atoms with E-state index in [4.69, 9.17) is 0 Å². The van der Waals surface area contributed by atoms with Gasteiger partial charge in [-0.3, -0.25) is 4.98 Å². The first-order valence-corrected chi connectivity index (χ1v) is 7.57. The van der Waals surface area contributed by atoms with Gasteiger partial charge in [-0.2, -0.15) is 0 Å². The third-order valence-electron chi connectivity index (χ3n) is 3.06. The molecule has 0 bridgehead atoms. The van der Waals surface area contributed by atoms with E-state index in [2.05, 4.69) is 40.7 Å². The highest BCUT2D eigenvalue weighted by Gasteiger charge is 2.24. The molecule has 4 nitrogen and oxygen atoms in total. The minimum Gasteiger partial charge on any atom is -0.305 e. The quantitative estimate of drug-likeness (QED) is 0.888. The molecule has 0 saturated carbocycles. The summed E-state index contributed by atoms with van der Waals surface area (Å²) in [5.74, 6) is -0.0382. The molecule has 0 spiro atoms. The van der Waals surface area contributed by atoms with Gasteiger partial charge in [0.05, 0.1) is 22.8 Å². The minimum absolute atomic E-state index is 0.213. The van der Waals surface area contributed by atoms with Crippen molar-refractivity contribution in [2.75, 3.05) is 6.54 Å². The molecule has 0 saturated heterocycles. The van der Waals surface area contributed by atoms with E-state index in [1.165, 1.54) is 17.7 Å². The Balaban J connectivity index is 2.42. The molecule has 20 heavy (non-hydrogen) atoms. The molecule has 2 heterocycles. The van der Waals surface area contributed by atoms with Crippen LogP contribution >= 0.6 is 11.5 Å². The van der Waals surface area contributed by atoms with Crippen LogP contribution < -0.4 is 5.32 Å². The summed E-state index contributed by atoms with van der Waals surface area (Å²) in [7, 11) is 0. The lowest BCUT2D eigenvalue weighted by atomic mass is 10.0. The third-order valence-corrected chi connectivity index (χ3v) is 3.87. The van der Waals surface area contributed by atoms with Crippen molar-refractivity contribution in [2.24, 2.45) is 0 Å². The molecule has 0 fully saturated rings. The lowest BCUT2D eigenvalue weighted by molar-refractivity contribution is 0.543. The van der Waals surface area contributed by atoms with Crippen molar-refractivity contribution in [3.05, 3.63) is 40.4 Å². The number of nitrogens with zero attached hydrogens (tertiary/aromatic N) is 3. The third kappa shape index (κ3) is 3.19. The largest absolute Gasteiger partial charge is 0.305 e. The number of hydrogen-bond acceptors (Lipinski definition) is 5. The first-order valence-electron chi connectivity index (χ1n) is 6.80. The summed E-state index contributed by atoms with van der Waals surface area (Å²) < 4.78 is 18.1. The van der Waals surface area contributed by atoms with Gasteiger partial charge in [-0.15, -0.1) is 5.10 Å². The SMILES string of the molecule is CCCNC(c1ccncc1F)c1snnc1C(C)C. The van der Waals surface area contributed by atoms with Crippen molar-refractivity contribution in [3.8, 4) is 0 Å². The van der Waals surface area contributed by atoms with Crippen molar-refractivity contribution in [3.63, 3.8) is 0 Å². The number of aromatic nitrogens is 3. The summed E-state index contributed by atoms with van der Waals surface area (Å²) in [6.07, 6.45) is 3.84. The van der Waals surface area contributed by atoms with Gasteiger partial charge in [-0.05, 0) is 36.5 Å². The van der Waals surface area contributed by atoms with E-state index in [0.717, 1.165) is 23.5 Å². The van der Waals surface area contributed by atoms with E-state index >= 15 is 0 Å². The molecule has 108 valence electrons. The second-order valence-electron chi connectivity index (χ2n) is 4.96. The van der Waals surface area contributed by atoms with Crippen LogP contribution in [0.25, 0.3) is 0 Å². The maximum Gasteiger partial charge on any atom is 0.146 e. The van der Waals surface area contributed by atoms with E-state index in [9.17, 15) is 4.39 Å². The van der Waals surface area contributed by atoms with Crippen LogP contribution in [0.2, 0.25) is 0 Å². The van der Waals surface area contributed by atoms with Crippen molar-refractivity contribution < 1.29 is 4.39 Å². The molecule has 2 aromatic heterocycles. The van der Waals surface area contributed by atoms with Gasteiger partial charge in [0.25, 0.3) is 0 Å². The first-order chi connectivity index (χ1) is 9.65. The normalized spacial score (nSPS) is 12.8. The molecule has 2 rings (SSSR count). The molecule has 0 aliphatic heterocycles. The van der Waals surface area contributed by atoms with Crippen LogP contribution in [0.1, 0.15) is 55.3 Å². The molecule has 0 aliphatic carbocycles. The van der Waals surface area contributed by atoms with E-state index in [0.29, 0.717) is 5.56 Å². The summed E-state index contributed by atoms with van der Waals surface area (Å²) in [6.45, 7) is 7.03. The van der Waals surface area contributed by atoms with E-state index in [1.807, 2.05) is 0 Å². The standard InChI is InChI=1S/C14H19FN4S/c1-4-6-17-13(10-5-7-16-8-11(10)15)14-12(9(2)3)18-19-20-14/h5,7-9,13,17H,4,6H2,1-3H3. The van der Waals surface area contributed by atoms with Gasteiger partial charge in [-0.1, -0.05) is 25.3 Å². The van der Waals surface area contributed by atoms with Crippen LogP contribution in [-0.2, 0) is 0 Å². The van der Waals surface area contributed by atoms with Crippen molar-refractivity contribution in [1.82, 2.24) is 19.9 Å². The van der Waals surface area contributed by atoms with Gasteiger partial charge in [-0.25, -0.2) is 4.39 Å². The van der Waals surface area contributed by atoms with Crippen LogP contribution in [0.4, 0.5) is 4.39 Å². The molecule has 1 N–H and O–H groups in total. The molecule has 0 amide bonds. The highest BCUT2D eigenvalue weighted by Crippen LogP contribution is 2.31. The molecule has 1 atom stereocenters. The highest BCUT2D eigenvalue weighted by molar-refractivity contribution is 7.05. The number of rotatable bonds is 6. The summed E-state index contributed by atoms with van der Waals surface area (Å²) >= 11 is 1.33. The Hall–Kier alpha value is -1.40. The molecular formula is C14H19FN4S. The molecule has 0 aromatic carbocycles. The average Bonchev–Trinajstić information content (AvgIpc) is 2.90. The molecule has 0 radical (unpaired) electrons. The molecule has 2 aromatic rings. The Labute approximate surface area is 122 Å². The smallest absolute Gasteiger partial charge is 0.146 e. The topological polar surface area (TPSA) is 50.7 Å². The zero-order valence-electron chi connectivity index (χ0n) is 11.9. The van der Waals surface area contributed by atoms with Crippen LogP contribution in [-0.4, -0.2) is 21.1 Å². The zero-order chi connectivity index (χ0) is 14.5. The minimum atomic E-state index is -0.302. The van der Waals surface area contributed by atoms with E-state index < -0.39 is 0 Å². The molecular weight excluding hydrogens is 275 g/mol. The molecule has 6 heteroatoms. The van der Waals surface area contributed by atoms with Crippen molar-refractivity contribution in [2.45, 2.75) is 39.2 Å². The second kappa shape index (κ2) is 6.85. The second-order valence-corrected chi connectivity index (χ2v) is 5.75. The lowest BCUT2D eigenvalue weighted by Crippen LogP contribution is -2.24. The molecule has 1 unspecified atom stereocenters. The Morgan fingerprint density at radius 2 is 2.20 bits per heavy atom. The Morgan fingerprint density at radius 1 is 1.40 bits per heavy atom. The number of halogens is 1. The van der Waals surface area contributed by atoms with Crippen LogP contribution in [0, 0.1) is 5.82 Å². The van der Waals surface area contributed by atoms with Crippen LogP contribution in [0.5, 0.6) is 0 Å². The lowest BCUT2D eigenvalue weighted by Gasteiger charge is -2.19. The Kier molecular flexibility index (Phi) is 5.14. The van der Waals surface area contributed by atoms with Crippen molar-refractivity contribution in [1.29, 1.82) is 0 Å². The van der Waals surface area contributed by atoms with Gasteiger partial charge < -0.3 is 5.32 Å². The van der Waals surface area contributed by atoms with E-state index in [-0.39, 0.29) is 17.8 Å². The average molecular weight is 294 g/mol. The number of pyridine rings is 1. The number of hydrogen-bond donors (Lipinski definition) is 1. The van der Waals surface area contributed by atoms with E-state index in [1.54, 1.807) is 12.3 Å². The molecule has 0 aliphatic rings. The van der Waals surface area contributed by atoms with Crippen molar-refractivity contribution >= 4 is 11.5 Å². The van der Waals surface area contributed by atoms with Gasteiger partial charge in [0, 0.05) is 11.8 Å². The summed E-state index contributed by atoms with van der Waals surface area (Å²) in [6, 6.07) is 1.50.